The Bertz CT molecular complexity index is 1060. The Morgan fingerprint density at radius 2 is 1.77 bits per heavy atom. The van der Waals surface area contributed by atoms with Crippen LogP contribution in [0.25, 0.3) is 0 Å². The van der Waals surface area contributed by atoms with Gasteiger partial charge in [-0.1, -0.05) is 4.85 Å². The van der Waals surface area contributed by atoms with E-state index in [1.165, 1.54) is 30.3 Å². The van der Waals surface area contributed by atoms with Gasteiger partial charge in [0, 0.05) is 14.7 Å². The fourth-order valence-corrected chi connectivity index (χ4v) is 2.73. The van der Waals surface area contributed by atoms with E-state index in [1.54, 1.807) is 22.6 Å². The van der Waals surface area contributed by atoms with Crippen molar-refractivity contribution in [3.63, 3.8) is 0 Å². The van der Waals surface area contributed by atoms with Crippen LogP contribution in [0, 0.1) is 14.6 Å². The van der Waals surface area contributed by atoms with Gasteiger partial charge in [-0.05, 0) is 59.0 Å². The fourth-order valence-electron chi connectivity index (χ4n) is 2.28. The normalized spacial score (nSPS) is 11.1. The van der Waals surface area contributed by atoms with Gasteiger partial charge < -0.3 is 20.0 Å². The van der Waals surface area contributed by atoms with Crippen LogP contribution in [-0.4, -0.2) is 17.4 Å². The van der Waals surface area contributed by atoms with E-state index in [1.807, 2.05) is 0 Å². The molecule has 0 saturated heterocycles. The Kier molecular flexibility index (Phi) is 6.24. The molecule has 0 aliphatic heterocycles. The summed E-state index contributed by atoms with van der Waals surface area (Å²) >= 11 is 1.69. The number of alkyl halides is 3. The van der Waals surface area contributed by atoms with Gasteiger partial charge in [-0.2, -0.15) is 0 Å². The zero-order valence-corrected chi connectivity index (χ0v) is 16.8. The van der Waals surface area contributed by atoms with Gasteiger partial charge in [-0.3, -0.25) is 4.79 Å². The molecule has 0 fully saturated rings. The van der Waals surface area contributed by atoms with Crippen molar-refractivity contribution >= 4 is 34.2 Å². The number of carbonyl (C=O) groups is 1. The van der Waals surface area contributed by atoms with Crippen LogP contribution in [0.3, 0.4) is 0 Å². The molecule has 3 aromatic rings. The Hall–Kier alpha value is -3.16. The third-order valence-corrected chi connectivity index (χ3v) is 4.35. The average Bonchev–Trinajstić information content (AvgIpc) is 2.67. The highest BCUT2D eigenvalue weighted by Gasteiger charge is 2.31. The zero-order valence-electron chi connectivity index (χ0n) is 14.6. The third kappa shape index (κ3) is 5.46. The highest BCUT2D eigenvalue weighted by atomic mass is 127. The predicted molar refractivity (Wildman–Crippen MR) is 103 cm³/mol. The molecule has 2 aromatic carbocycles. The van der Waals surface area contributed by atoms with Gasteiger partial charge in [0.05, 0.1) is 5.69 Å². The van der Waals surface area contributed by atoms with E-state index in [4.69, 9.17) is 4.74 Å². The van der Waals surface area contributed by atoms with E-state index in [-0.39, 0.29) is 25.6 Å². The average molecular weight is 535 g/mol. The second-order valence-corrected chi connectivity index (χ2v) is 6.79. The lowest BCUT2D eigenvalue weighted by atomic mass is 10.1. The number of ether oxygens (including phenoxy) is 2. The largest absolute Gasteiger partial charge is 0.594 e. The highest BCUT2D eigenvalue weighted by molar-refractivity contribution is 14.1. The molecule has 12 heteroatoms. The van der Waals surface area contributed by atoms with Crippen molar-refractivity contribution in [2.75, 3.05) is 5.32 Å². The Balaban J connectivity index is 1.85. The second kappa shape index (κ2) is 8.69. The Morgan fingerprint density at radius 1 is 1.10 bits per heavy atom. The molecule has 0 unspecified atom stereocenters. The number of nitrogens with zero attached hydrogens (tertiary/aromatic N) is 2. The summed E-state index contributed by atoms with van der Waals surface area (Å²) in [6.07, 6.45) is -2.72. The summed E-state index contributed by atoms with van der Waals surface area (Å²) in [4.78, 5) is 12.9. The van der Waals surface area contributed by atoms with Gasteiger partial charge in [0.15, 0.2) is 5.82 Å². The summed E-state index contributed by atoms with van der Waals surface area (Å²) < 4.78 is 60.8. The molecule has 1 N–H and O–H groups in total. The lowest BCUT2D eigenvalue weighted by molar-refractivity contribution is -0.669. The smallest absolute Gasteiger partial charge is 0.573 e. The van der Waals surface area contributed by atoms with Gasteiger partial charge in [0.2, 0.25) is 6.20 Å². The number of rotatable bonds is 5. The van der Waals surface area contributed by atoms with Gasteiger partial charge in [0.1, 0.15) is 29.0 Å². The number of carbonyl (C=O) groups excluding carboxylic acids is 1. The number of hydrogen-bond acceptors (Lipinski definition) is 5. The minimum Gasteiger partial charge on any atom is -0.594 e. The predicted octanol–water partition coefficient (Wildman–Crippen LogP) is 4.40. The van der Waals surface area contributed by atoms with E-state index in [9.17, 15) is 27.6 Å². The molecule has 30 heavy (non-hydrogen) atoms. The third-order valence-electron chi connectivity index (χ3n) is 3.52. The van der Waals surface area contributed by atoms with Gasteiger partial charge in [-0.15, -0.1) is 13.2 Å². The maximum Gasteiger partial charge on any atom is 0.573 e. The van der Waals surface area contributed by atoms with Crippen molar-refractivity contribution in [1.29, 1.82) is 0 Å². The summed E-state index contributed by atoms with van der Waals surface area (Å²) in [5, 5.41) is 16.8. The van der Waals surface area contributed by atoms with Crippen molar-refractivity contribution < 1.29 is 36.7 Å². The van der Waals surface area contributed by atoms with Crippen LogP contribution in [0.4, 0.5) is 23.2 Å². The first kappa shape index (κ1) is 21.5. The number of halogens is 5. The van der Waals surface area contributed by atoms with Crippen molar-refractivity contribution in [2.45, 2.75) is 6.36 Å². The zero-order chi connectivity index (χ0) is 21.9. The lowest BCUT2D eigenvalue weighted by Crippen LogP contribution is -2.30. The van der Waals surface area contributed by atoms with Crippen LogP contribution in [-0.2, 0) is 0 Å². The fraction of sp³-hybridized carbons (Fsp3) is 0.0556. The van der Waals surface area contributed by atoms with Crippen molar-refractivity contribution in [1.82, 2.24) is 5.10 Å². The monoisotopic (exact) mass is 535 g/mol. The van der Waals surface area contributed by atoms with E-state index in [0.29, 0.717) is 0 Å². The van der Waals surface area contributed by atoms with Crippen molar-refractivity contribution in [3.05, 3.63) is 75.0 Å². The van der Waals surface area contributed by atoms with Crippen molar-refractivity contribution in [3.8, 4) is 17.2 Å². The maximum atomic E-state index is 14.7. The molecule has 0 saturated carbocycles. The molecule has 1 amide bonds. The first-order valence-corrected chi connectivity index (χ1v) is 9.09. The molecule has 0 bridgehead atoms. The van der Waals surface area contributed by atoms with Gasteiger partial charge in [0.25, 0.3) is 5.91 Å². The first-order chi connectivity index (χ1) is 14.1. The summed E-state index contributed by atoms with van der Waals surface area (Å²) in [6.45, 7) is 0. The van der Waals surface area contributed by atoms with Crippen LogP contribution >= 0.6 is 22.6 Å². The number of nitrogens with one attached hydrogen (secondary N) is 1. The molecule has 1 heterocycles. The minimum absolute atomic E-state index is 0.0490. The molecular formula is C18H10F4IN3O4. The summed E-state index contributed by atoms with van der Waals surface area (Å²) in [7, 11) is 0. The van der Waals surface area contributed by atoms with Crippen LogP contribution in [0.5, 0.6) is 17.2 Å². The highest BCUT2D eigenvalue weighted by Crippen LogP contribution is 2.32. The van der Waals surface area contributed by atoms with E-state index >= 15 is 0 Å². The van der Waals surface area contributed by atoms with E-state index < -0.39 is 29.4 Å². The summed E-state index contributed by atoms with van der Waals surface area (Å²) in [6, 6.07) is 8.35. The topological polar surface area (TPSA) is 87.4 Å². The second-order valence-electron chi connectivity index (χ2n) is 5.63. The standard InChI is InChI=1S/C18H10F4IN3O4/c19-16-13(23)5-6-14(15(16)17(27)25-10-7-8-26(28)24-9-10)29-11-1-3-12(4-2-11)30-18(20,21)22/h1-9H,(H,25,27). The number of aromatic nitrogens is 2. The van der Waals surface area contributed by atoms with Crippen LogP contribution in [0.15, 0.2) is 54.9 Å². The molecule has 7 nitrogen and oxygen atoms in total. The molecule has 0 aliphatic rings. The number of amides is 1. The lowest BCUT2D eigenvalue weighted by Gasteiger charge is -2.14. The number of benzene rings is 2. The first-order valence-electron chi connectivity index (χ1n) is 8.01. The van der Waals surface area contributed by atoms with E-state index in [0.717, 1.165) is 24.5 Å². The Labute approximate surface area is 180 Å². The minimum atomic E-state index is -4.84. The molecule has 1 aromatic heterocycles. The quantitative estimate of drug-likeness (QED) is 0.227. The number of hydrogen-bond donors (Lipinski definition) is 1. The van der Waals surface area contributed by atoms with E-state index in [2.05, 4.69) is 15.2 Å². The molecule has 156 valence electrons. The van der Waals surface area contributed by atoms with Crippen molar-refractivity contribution in [2.24, 2.45) is 0 Å². The van der Waals surface area contributed by atoms with Crippen LogP contribution in [0.2, 0.25) is 0 Å². The molecule has 0 atom stereocenters. The number of anilines is 1. The van der Waals surface area contributed by atoms with Gasteiger partial charge >= 0.3 is 6.36 Å². The van der Waals surface area contributed by atoms with Crippen LogP contribution < -0.4 is 19.6 Å². The Morgan fingerprint density at radius 3 is 2.37 bits per heavy atom. The van der Waals surface area contributed by atoms with Gasteiger partial charge in [-0.25, -0.2) is 4.39 Å². The summed E-state index contributed by atoms with van der Waals surface area (Å²) in [5.74, 6) is -2.31. The summed E-state index contributed by atoms with van der Waals surface area (Å²) in [5.41, 5.74) is -0.290. The molecular weight excluding hydrogens is 525 g/mol. The SMILES string of the molecule is O=C(Nc1cc[n+]([O-])nc1)c1c(Oc2ccc(OC(F)(F)F)cc2)ccc(I)c1F. The molecule has 0 radical (unpaired) electrons. The molecule has 0 spiro atoms. The van der Waals surface area contributed by atoms with Crippen LogP contribution in [0.1, 0.15) is 10.4 Å². The molecule has 0 aliphatic carbocycles. The molecule has 3 rings (SSSR count). The maximum absolute atomic E-state index is 14.7.